The number of thiophene rings is 1. The Hall–Kier alpha value is -2.58. The third kappa shape index (κ3) is 4.28. The van der Waals surface area contributed by atoms with Crippen LogP contribution in [0.25, 0.3) is 0 Å². The molecule has 0 saturated heterocycles. The number of nitrogens with zero attached hydrogens (tertiary/aromatic N) is 1. The van der Waals surface area contributed by atoms with Crippen LogP contribution in [0, 0.1) is 0 Å². The van der Waals surface area contributed by atoms with Crippen molar-refractivity contribution in [1.29, 1.82) is 0 Å². The third-order valence-corrected chi connectivity index (χ3v) is 5.78. The number of fused-ring (bicyclic) bond motifs is 1. The normalized spacial score (nSPS) is 16.2. The minimum atomic E-state index is -0.219. The predicted molar refractivity (Wildman–Crippen MR) is 108 cm³/mol. The molecule has 0 bridgehead atoms. The summed E-state index contributed by atoms with van der Waals surface area (Å²) in [4.78, 5) is 27.1. The van der Waals surface area contributed by atoms with E-state index in [0.717, 1.165) is 23.4 Å². The summed E-state index contributed by atoms with van der Waals surface area (Å²) in [5, 5.41) is 7.21. The molecule has 1 aliphatic rings. The van der Waals surface area contributed by atoms with Crippen LogP contribution in [0.2, 0.25) is 0 Å². The number of rotatable bonds is 7. The van der Waals surface area contributed by atoms with E-state index >= 15 is 0 Å². The van der Waals surface area contributed by atoms with E-state index in [2.05, 4.69) is 21.6 Å². The zero-order valence-electron chi connectivity index (χ0n) is 16.3. The lowest BCUT2D eigenvalue weighted by atomic mass is 9.91. The van der Waals surface area contributed by atoms with Crippen molar-refractivity contribution in [3.8, 4) is 11.5 Å². The molecule has 3 rings (SSSR count). The van der Waals surface area contributed by atoms with Gasteiger partial charge in [0.15, 0.2) is 11.5 Å². The van der Waals surface area contributed by atoms with E-state index in [9.17, 15) is 9.59 Å². The molecule has 7 nitrogen and oxygen atoms in total. The molecule has 150 valence electrons. The number of hydrogen-bond acceptors (Lipinski definition) is 6. The van der Waals surface area contributed by atoms with Crippen LogP contribution in [0.3, 0.4) is 0 Å². The van der Waals surface area contributed by atoms with Crippen LogP contribution >= 0.6 is 11.3 Å². The highest BCUT2D eigenvalue weighted by molar-refractivity contribution is 7.10. The van der Waals surface area contributed by atoms with Gasteiger partial charge in [-0.3, -0.25) is 14.5 Å². The molecule has 0 aliphatic carbocycles. The van der Waals surface area contributed by atoms with E-state index in [0.29, 0.717) is 11.5 Å². The number of likely N-dealkylation sites (N-methyl/N-ethyl adjacent to an activating group) is 1. The number of carbonyl (C=O) groups excluding carboxylic acids is 2. The number of hydrogen-bond donors (Lipinski definition) is 2. The molecule has 1 atom stereocenters. The highest BCUT2D eigenvalue weighted by atomic mass is 32.1. The lowest BCUT2D eigenvalue weighted by Gasteiger charge is -2.37. The highest BCUT2D eigenvalue weighted by Gasteiger charge is 2.32. The molecule has 2 N–H and O–H groups in total. The number of amides is 2. The van der Waals surface area contributed by atoms with Crippen molar-refractivity contribution in [2.24, 2.45) is 0 Å². The first-order chi connectivity index (χ1) is 13.6. The fourth-order valence-corrected chi connectivity index (χ4v) is 4.33. The minimum absolute atomic E-state index is 0.0194. The zero-order chi connectivity index (χ0) is 20.1. The second-order valence-corrected chi connectivity index (χ2v) is 7.47. The maximum Gasteiger partial charge on any atom is 0.239 e. The predicted octanol–water partition coefficient (Wildman–Crippen LogP) is 1.57. The first-order valence-electron chi connectivity index (χ1n) is 9.07. The molecular weight excluding hydrogens is 378 g/mol. The molecule has 0 radical (unpaired) electrons. The molecule has 0 fully saturated rings. The van der Waals surface area contributed by atoms with Gasteiger partial charge in [0.25, 0.3) is 0 Å². The second-order valence-electron chi connectivity index (χ2n) is 6.49. The molecule has 28 heavy (non-hydrogen) atoms. The smallest absolute Gasteiger partial charge is 0.239 e. The molecular formula is C20H25N3O4S. The van der Waals surface area contributed by atoms with Crippen molar-refractivity contribution in [1.82, 2.24) is 15.5 Å². The largest absolute Gasteiger partial charge is 0.493 e. The molecule has 0 spiro atoms. The van der Waals surface area contributed by atoms with E-state index in [1.165, 1.54) is 5.56 Å². The number of benzene rings is 1. The number of methoxy groups -OCH3 is 2. The van der Waals surface area contributed by atoms with Gasteiger partial charge in [0.2, 0.25) is 11.8 Å². The molecule has 0 unspecified atom stereocenters. The Balaban J connectivity index is 1.88. The van der Waals surface area contributed by atoms with Crippen molar-refractivity contribution in [3.63, 3.8) is 0 Å². The third-order valence-electron chi connectivity index (χ3n) is 4.86. The number of carbonyl (C=O) groups is 2. The summed E-state index contributed by atoms with van der Waals surface area (Å²) in [6, 6.07) is 8.08. The van der Waals surface area contributed by atoms with Gasteiger partial charge in [-0.2, -0.15) is 0 Å². The number of ether oxygens (including phenoxy) is 2. The Morgan fingerprint density at radius 2 is 1.96 bits per heavy atom. The minimum Gasteiger partial charge on any atom is -0.493 e. The van der Waals surface area contributed by atoms with Gasteiger partial charge in [0.05, 0.1) is 33.4 Å². The SMILES string of the molecule is CNC(=O)CNC(=O)CN1CCc2cc(OC)c(OC)cc2[C@@H]1c1cccs1. The van der Waals surface area contributed by atoms with Crippen LogP contribution in [0.1, 0.15) is 22.0 Å². The summed E-state index contributed by atoms with van der Waals surface area (Å²) < 4.78 is 10.9. The monoisotopic (exact) mass is 403 g/mol. The van der Waals surface area contributed by atoms with Gasteiger partial charge >= 0.3 is 0 Å². The van der Waals surface area contributed by atoms with E-state index in [4.69, 9.17) is 9.47 Å². The number of nitrogens with one attached hydrogen (secondary N) is 2. The van der Waals surface area contributed by atoms with Crippen LogP contribution in [0.15, 0.2) is 29.6 Å². The van der Waals surface area contributed by atoms with E-state index in [-0.39, 0.29) is 30.9 Å². The summed E-state index contributed by atoms with van der Waals surface area (Å²) in [5.74, 6) is 0.995. The summed E-state index contributed by atoms with van der Waals surface area (Å²) in [7, 11) is 4.80. The molecule has 1 aromatic heterocycles. The molecule has 1 aromatic carbocycles. The van der Waals surface area contributed by atoms with Gasteiger partial charge in [-0.1, -0.05) is 6.07 Å². The Bertz CT molecular complexity index is 838. The fourth-order valence-electron chi connectivity index (χ4n) is 3.46. The van der Waals surface area contributed by atoms with Crippen LogP contribution in [0.4, 0.5) is 0 Å². The van der Waals surface area contributed by atoms with Crippen LogP contribution < -0.4 is 20.1 Å². The second kappa shape index (κ2) is 9.07. The van der Waals surface area contributed by atoms with Crippen molar-refractivity contribution in [3.05, 3.63) is 45.6 Å². The van der Waals surface area contributed by atoms with Crippen LogP contribution in [-0.2, 0) is 16.0 Å². The average Bonchev–Trinajstić information content (AvgIpc) is 3.24. The topological polar surface area (TPSA) is 79.9 Å². The average molecular weight is 404 g/mol. The van der Waals surface area contributed by atoms with Crippen molar-refractivity contribution >= 4 is 23.2 Å². The van der Waals surface area contributed by atoms with Crippen molar-refractivity contribution < 1.29 is 19.1 Å². The van der Waals surface area contributed by atoms with E-state index in [1.807, 2.05) is 23.6 Å². The van der Waals surface area contributed by atoms with Gasteiger partial charge in [0.1, 0.15) is 0 Å². The van der Waals surface area contributed by atoms with E-state index < -0.39 is 0 Å². The van der Waals surface area contributed by atoms with Gasteiger partial charge in [-0.25, -0.2) is 0 Å². The molecule has 0 saturated carbocycles. The molecule has 8 heteroatoms. The molecule has 2 heterocycles. The van der Waals surface area contributed by atoms with Gasteiger partial charge in [0, 0.05) is 18.5 Å². The molecule has 1 aliphatic heterocycles. The first kappa shape index (κ1) is 20.2. The first-order valence-corrected chi connectivity index (χ1v) is 9.94. The zero-order valence-corrected chi connectivity index (χ0v) is 17.1. The summed E-state index contributed by atoms with van der Waals surface area (Å²) in [5.41, 5.74) is 2.31. The summed E-state index contributed by atoms with van der Waals surface area (Å²) in [6.07, 6.45) is 0.806. The molecule has 2 aromatic rings. The van der Waals surface area contributed by atoms with Crippen molar-refractivity contribution in [2.45, 2.75) is 12.5 Å². The quantitative estimate of drug-likeness (QED) is 0.734. The maximum absolute atomic E-state index is 12.4. The summed E-state index contributed by atoms with van der Waals surface area (Å²) in [6.45, 7) is 0.931. The fraction of sp³-hybridized carbons (Fsp3) is 0.400. The lowest BCUT2D eigenvalue weighted by molar-refractivity contribution is -0.126. The Labute approximate surface area is 168 Å². The van der Waals surface area contributed by atoms with Gasteiger partial charge in [-0.05, 0) is 41.1 Å². The molecule has 2 amide bonds. The van der Waals surface area contributed by atoms with Crippen LogP contribution in [0.5, 0.6) is 11.5 Å². The highest BCUT2D eigenvalue weighted by Crippen LogP contribution is 2.41. The Kier molecular flexibility index (Phi) is 6.53. The van der Waals surface area contributed by atoms with Gasteiger partial charge in [-0.15, -0.1) is 11.3 Å². The van der Waals surface area contributed by atoms with E-state index in [1.54, 1.807) is 32.6 Å². The maximum atomic E-state index is 12.4. The van der Waals surface area contributed by atoms with Crippen LogP contribution in [-0.4, -0.2) is 57.6 Å². The Morgan fingerprint density at radius 3 is 2.61 bits per heavy atom. The summed E-state index contributed by atoms with van der Waals surface area (Å²) >= 11 is 1.66. The standard InChI is InChI=1S/C20H25N3O4S/c1-21-18(24)11-22-19(25)12-23-7-6-13-9-15(26-2)16(27-3)10-14(13)20(23)17-5-4-8-28-17/h4-5,8-10,20H,6-7,11-12H2,1-3H3,(H,21,24)(H,22,25)/t20-/m1/s1. The lowest BCUT2D eigenvalue weighted by Crippen LogP contribution is -2.44. The Morgan fingerprint density at radius 1 is 1.21 bits per heavy atom. The van der Waals surface area contributed by atoms with Crippen molar-refractivity contribution in [2.75, 3.05) is 40.9 Å². The van der Waals surface area contributed by atoms with Gasteiger partial charge < -0.3 is 20.1 Å².